The molecule has 2 aromatic carbocycles. The Morgan fingerprint density at radius 2 is 1.80 bits per heavy atom. The van der Waals surface area contributed by atoms with Crippen LogP contribution in [0.15, 0.2) is 77.4 Å². The second kappa shape index (κ2) is 8.57. The van der Waals surface area contributed by atoms with Crippen LogP contribution in [0.4, 0.5) is 0 Å². The molecule has 2 aromatic heterocycles. The van der Waals surface area contributed by atoms with Crippen molar-refractivity contribution in [3.63, 3.8) is 0 Å². The van der Waals surface area contributed by atoms with Gasteiger partial charge >= 0.3 is 0 Å². The molecule has 0 aliphatic carbocycles. The normalized spacial score (nSPS) is 10.6. The van der Waals surface area contributed by atoms with Gasteiger partial charge in [-0.05, 0) is 42.0 Å². The van der Waals surface area contributed by atoms with E-state index >= 15 is 0 Å². The third kappa shape index (κ3) is 3.91. The van der Waals surface area contributed by atoms with Crippen LogP contribution >= 0.6 is 0 Å². The van der Waals surface area contributed by atoms with E-state index in [0.29, 0.717) is 35.2 Å². The molecule has 2 heterocycles. The summed E-state index contributed by atoms with van der Waals surface area (Å²) in [4.78, 5) is 13.0. The van der Waals surface area contributed by atoms with Gasteiger partial charge in [0.05, 0.1) is 26.2 Å². The van der Waals surface area contributed by atoms with Crippen LogP contribution in [0.2, 0.25) is 0 Å². The van der Waals surface area contributed by atoms with Crippen molar-refractivity contribution < 1.29 is 18.7 Å². The molecule has 0 aliphatic heterocycles. The van der Waals surface area contributed by atoms with Gasteiger partial charge < -0.3 is 19.2 Å². The van der Waals surface area contributed by atoms with E-state index in [1.54, 1.807) is 37.3 Å². The lowest BCUT2D eigenvalue weighted by Gasteiger charge is -2.11. The number of aromatic nitrogens is 2. The zero-order valence-corrected chi connectivity index (χ0v) is 16.7. The van der Waals surface area contributed by atoms with Gasteiger partial charge in [-0.1, -0.05) is 24.3 Å². The van der Waals surface area contributed by atoms with Crippen LogP contribution < -0.4 is 14.8 Å². The van der Waals surface area contributed by atoms with Crippen LogP contribution in [-0.4, -0.2) is 29.9 Å². The highest BCUT2D eigenvalue weighted by Gasteiger charge is 2.18. The van der Waals surface area contributed by atoms with E-state index < -0.39 is 0 Å². The second-order valence-corrected chi connectivity index (χ2v) is 6.51. The smallest absolute Gasteiger partial charge is 0.270 e. The largest absolute Gasteiger partial charge is 0.493 e. The summed E-state index contributed by atoms with van der Waals surface area (Å²) in [5.74, 6) is 1.59. The van der Waals surface area contributed by atoms with Gasteiger partial charge in [0.15, 0.2) is 17.3 Å². The molecule has 0 spiro atoms. The first-order valence-electron chi connectivity index (χ1n) is 9.38. The number of benzene rings is 2. The maximum absolute atomic E-state index is 13.0. The predicted molar refractivity (Wildman–Crippen MR) is 112 cm³/mol. The molecular formula is C23H21N3O4. The summed E-state index contributed by atoms with van der Waals surface area (Å²) in [5.41, 5.74) is 2.66. The van der Waals surface area contributed by atoms with Gasteiger partial charge in [0.2, 0.25) is 0 Å². The number of hydrogen-bond acceptors (Lipinski definition) is 5. The zero-order chi connectivity index (χ0) is 20.9. The van der Waals surface area contributed by atoms with E-state index in [4.69, 9.17) is 13.9 Å². The number of amides is 1. The van der Waals surface area contributed by atoms with Gasteiger partial charge in [0.1, 0.15) is 11.4 Å². The summed E-state index contributed by atoms with van der Waals surface area (Å²) in [7, 11) is 3.16. The Balaban J connectivity index is 1.60. The van der Waals surface area contributed by atoms with Gasteiger partial charge in [-0.3, -0.25) is 4.79 Å². The molecule has 30 heavy (non-hydrogen) atoms. The second-order valence-electron chi connectivity index (χ2n) is 6.51. The lowest BCUT2D eigenvalue weighted by Crippen LogP contribution is -2.25. The minimum absolute atomic E-state index is 0.251. The molecule has 0 fully saturated rings. The van der Waals surface area contributed by atoms with Crippen molar-refractivity contribution in [1.29, 1.82) is 0 Å². The summed E-state index contributed by atoms with van der Waals surface area (Å²) in [6, 6.07) is 20.3. The Hall–Kier alpha value is -4.00. The first-order valence-corrected chi connectivity index (χ1v) is 9.38. The molecule has 152 valence electrons. The average Bonchev–Trinajstić information content (AvgIpc) is 3.48. The minimum atomic E-state index is -0.251. The van der Waals surface area contributed by atoms with E-state index in [9.17, 15) is 4.79 Å². The maximum Gasteiger partial charge on any atom is 0.270 e. The van der Waals surface area contributed by atoms with Crippen molar-refractivity contribution in [1.82, 2.24) is 15.1 Å². The fourth-order valence-corrected chi connectivity index (χ4v) is 3.12. The lowest BCUT2D eigenvalue weighted by molar-refractivity contribution is 0.0943. The number of para-hydroxylation sites is 1. The molecule has 7 heteroatoms. The number of nitrogens with one attached hydrogen (secondary N) is 1. The van der Waals surface area contributed by atoms with Gasteiger partial charge in [-0.15, -0.1) is 0 Å². The fourth-order valence-electron chi connectivity index (χ4n) is 3.12. The summed E-state index contributed by atoms with van der Waals surface area (Å²) >= 11 is 0. The molecule has 4 aromatic rings. The van der Waals surface area contributed by atoms with Crippen LogP contribution in [0.1, 0.15) is 16.1 Å². The highest BCUT2D eigenvalue weighted by Crippen LogP contribution is 2.27. The van der Waals surface area contributed by atoms with E-state index in [2.05, 4.69) is 10.4 Å². The van der Waals surface area contributed by atoms with Crippen LogP contribution in [0, 0.1) is 0 Å². The molecular weight excluding hydrogens is 382 g/mol. The molecule has 0 saturated carbocycles. The Morgan fingerprint density at radius 3 is 2.50 bits per heavy atom. The molecule has 0 atom stereocenters. The van der Waals surface area contributed by atoms with Crippen LogP contribution in [-0.2, 0) is 6.54 Å². The minimum Gasteiger partial charge on any atom is -0.493 e. The molecule has 7 nitrogen and oxygen atoms in total. The Morgan fingerprint density at radius 1 is 1.00 bits per heavy atom. The summed E-state index contributed by atoms with van der Waals surface area (Å²) in [5, 5.41) is 7.52. The summed E-state index contributed by atoms with van der Waals surface area (Å²) in [6.07, 6.45) is 1.58. The number of furan rings is 1. The quantitative estimate of drug-likeness (QED) is 0.503. The van der Waals surface area contributed by atoms with Crippen molar-refractivity contribution in [3.8, 4) is 28.6 Å². The van der Waals surface area contributed by atoms with Crippen molar-refractivity contribution in [3.05, 3.63) is 84.3 Å². The molecule has 0 radical (unpaired) electrons. The Kier molecular flexibility index (Phi) is 5.52. The number of nitrogens with zero attached hydrogens (tertiary/aromatic N) is 2. The van der Waals surface area contributed by atoms with Gasteiger partial charge in [-0.25, -0.2) is 4.68 Å². The van der Waals surface area contributed by atoms with E-state index in [1.807, 2.05) is 54.6 Å². The fraction of sp³-hybridized carbons (Fsp3) is 0.130. The molecule has 0 unspecified atom stereocenters. The average molecular weight is 403 g/mol. The Labute approximate surface area is 173 Å². The number of carbonyl (C=O) groups is 1. The monoisotopic (exact) mass is 403 g/mol. The standard InChI is InChI=1S/C23H21N3O4/c1-28-21-11-10-16(13-22(21)29-2)15-24-23(27)19-14-18(20-9-6-12-30-20)25-26(19)17-7-4-3-5-8-17/h3-14H,15H2,1-2H3,(H,24,27). The molecule has 0 saturated heterocycles. The summed E-state index contributed by atoms with van der Waals surface area (Å²) in [6.45, 7) is 0.329. The molecule has 4 rings (SSSR count). The Bertz CT molecular complexity index is 1130. The van der Waals surface area contributed by atoms with E-state index in [1.165, 1.54) is 0 Å². The first kappa shape index (κ1) is 19.3. The number of rotatable bonds is 7. The van der Waals surface area contributed by atoms with Crippen molar-refractivity contribution in [2.75, 3.05) is 14.2 Å². The number of methoxy groups -OCH3 is 2. The van der Waals surface area contributed by atoms with Crippen molar-refractivity contribution in [2.24, 2.45) is 0 Å². The van der Waals surface area contributed by atoms with Crippen LogP contribution in [0.5, 0.6) is 11.5 Å². The first-order chi connectivity index (χ1) is 14.7. The van der Waals surface area contributed by atoms with Gasteiger partial charge in [0, 0.05) is 12.6 Å². The predicted octanol–water partition coefficient (Wildman–Crippen LogP) is 4.08. The van der Waals surface area contributed by atoms with Gasteiger partial charge in [0.25, 0.3) is 5.91 Å². The molecule has 1 N–H and O–H groups in total. The number of carbonyl (C=O) groups excluding carboxylic acids is 1. The van der Waals surface area contributed by atoms with Crippen molar-refractivity contribution >= 4 is 5.91 Å². The third-order valence-corrected chi connectivity index (χ3v) is 4.62. The topological polar surface area (TPSA) is 78.5 Å². The van der Waals surface area contributed by atoms with Crippen LogP contribution in [0.3, 0.4) is 0 Å². The maximum atomic E-state index is 13.0. The number of hydrogen-bond donors (Lipinski definition) is 1. The molecule has 0 bridgehead atoms. The molecule has 0 aliphatic rings. The lowest BCUT2D eigenvalue weighted by atomic mass is 10.2. The summed E-state index contributed by atoms with van der Waals surface area (Å²) < 4.78 is 17.6. The van der Waals surface area contributed by atoms with Gasteiger partial charge in [-0.2, -0.15) is 5.10 Å². The number of ether oxygens (including phenoxy) is 2. The SMILES string of the molecule is COc1ccc(CNC(=O)c2cc(-c3ccco3)nn2-c2ccccc2)cc1OC. The zero-order valence-electron chi connectivity index (χ0n) is 16.7. The van der Waals surface area contributed by atoms with Crippen LogP contribution in [0.25, 0.3) is 17.1 Å². The van der Waals surface area contributed by atoms with E-state index in [-0.39, 0.29) is 5.91 Å². The highest BCUT2D eigenvalue weighted by molar-refractivity contribution is 5.94. The highest BCUT2D eigenvalue weighted by atomic mass is 16.5. The molecule has 1 amide bonds. The van der Waals surface area contributed by atoms with E-state index in [0.717, 1.165) is 11.3 Å². The van der Waals surface area contributed by atoms with Crippen molar-refractivity contribution in [2.45, 2.75) is 6.54 Å². The third-order valence-electron chi connectivity index (χ3n) is 4.62.